The standard InChI is InChI=1S/C12H16F3N3O2/c1-6(5-19)16-11(20)7-2-3-9-8(4-7)10(18-17-9)12(13,14)15/h6-7,19H,2-5H2,1H3,(H,16,20)(H,17,18). The maximum Gasteiger partial charge on any atom is 0.435 e. The molecule has 8 heteroatoms. The van der Waals surface area contributed by atoms with Gasteiger partial charge in [-0.25, -0.2) is 0 Å². The third kappa shape index (κ3) is 2.95. The molecule has 0 aromatic carbocycles. The maximum atomic E-state index is 12.8. The molecule has 1 aromatic heterocycles. The van der Waals surface area contributed by atoms with Crippen molar-refractivity contribution in [3.8, 4) is 0 Å². The molecule has 0 saturated carbocycles. The molecule has 1 heterocycles. The van der Waals surface area contributed by atoms with Crippen molar-refractivity contribution in [3.05, 3.63) is 17.0 Å². The zero-order valence-electron chi connectivity index (χ0n) is 10.9. The Bertz CT molecular complexity index is 499. The highest BCUT2D eigenvalue weighted by Crippen LogP contribution is 2.36. The van der Waals surface area contributed by atoms with Crippen molar-refractivity contribution in [3.63, 3.8) is 0 Å². The molecular weight excluding hydrogens is 275 g/mol. The Morgan fingerprint density at radius 1 is 1.60 bits per heavy atom. The van der Waals surface area contributed by atoms with Crippen molar-refractivity contribution in [2.45, 2.75) is 38.4 Å². The SMILES string of the molecule is CC(CO)NC(=O)C1CCc2[nH]nc(C(F)(F)F)c2C1. The lowest BCUT2D eigenvalue weighted by Crippen LogP contribution is -2.41. The highest BCUT2D eigenvalue weighted by molar-refractivity contribution is 5.79. The summed E-state index contributed by atoms with van der Waals surface area (Å²) in [6.45, 7) is 1.42. The van der Waals surface area contributed by atoms with Crippen LogP contribution in [-0.2, 0) is 23.8 Å². The van der Waals surface area contributed by atoms with Crippen molar-refractivity contribution >= 4 is 5.91 Å². The second kappa shape index (κ2) is 5.43. The fourth-order valence-electron chi connectivity index (χ4n) is 2.36. The first kappa shape index (κ1) is 14.8. The molecule has 0 radical (unpaired) electrons. The Kier molecular flexibility index (Phi) is 4.03. The molecule has 1 aromatic rings. The quantitative estimate of drug-likeness (QED) is 0.778. The average molecular weight is 291 g/mol. The van der Waals surface area contributed by atoms with Crippen LogP contribution in [0.4, 0.5) is 13.2 Å². The lowest BCUT2D eigenvalue weighted by molar-refractivity contribution is -0.142. The summed E-state index contributed by atoms with van der Waals surface area (Å²) >= 11 is 0. The number of aromatic amines is 1. The van der Waals surface area contributed by atoms with Crippen LogP contribution in [0, 0.1) is 5.92 Å². The molecule has 112 valence electrons. The van der Waals surface area contributed by atoms with Gasteiger partial charge in [-0.05, 0) is 26.2 Å². The minimum Gasteiger partial charge on any atom is -0.394 e. The van der Waals surface area contributed by atoms with E-state index in [-0.39, 0.29) is 24.5 Å². The van der Waals surface area contributed by atoms with Gasteiger partial charge in [-0.15, -0.1) is 0 Å². The van der Waals surface area contributed by atoms with E-state index >= 15 is 0 Å². The van der Waals surface area contributed by atoms with Crippen molar-refractivity contribution in [2.75, 3.05) is 6.61 Å². The van der Waals surface area contributed by atoms with E-state index in [1.54, 1.807) is 6.92 Å². The van der Waals surface area contributed by atoms with Crippen LogP contribution in [0.2, 0.25) is 0 Å². The predicted octanol–water partition coefficient (Wildman–Crippen LogP) is 1.03. The van der Waals surface area contributed by atoms with Crippen LogP contribution in [0.1, 0.15) is 30.3 Å². The Balaban J connectivity index is 2.14. The molecule has 20 heavy (non-hydrogen) atoms. The second-order valence-electron chi connectivity index (χ2n) is 5.06. The number of hydrogen-bond acceptors (Lipinski definition) is 3. The van der Waals surface area contributed by atoms with Crippen molar-refractivity contribution in [1.82, 2.24) is 15.5 Å². The lowest BCUT2D eigenvalue weighted by atomic mass is 9.85. The van der Waals surface area contributed by atoms with E-state index in [4.69, 9.17) is 5.11 Å². The van der Waals surface area contributed by atoms with Crippen LogP contribution in [-0.4, -0.2) is 33.9 Å². The van der Waals surface area contributed by atoms with Gasteiger partial charge in [-0.3, -0.25) is 9.89 Å². The number of carbonyl (C=O) groups excluding carboxylic acids is 1. The van der Waals surface area contributed by atoms with E-state index in [9.17, 15) is 18.0 Å². The summed E-state index contributed by atoms with van der Waals surface area (Å²) in [5.41, 5.74) is -0.391. The lowest BCUT2D eigenvalue weighted by Gasteiger charge is -2.23. The number of nitrogens with zero attached hydrogens (tertiary/aromatic N) is 1. The highest BCUT2D eigenvalue weighted by Gasteiger charge is 2.40. The van der Waals surface area contributed by atoms with E-state index in [0.29, 0.717) is 18.5 Å². The van der Waals surface area contributed by atoms with Crippen LogP contribution in [0.15, 0.2) is 0 Å². The van der Waals surface area contributed by atoms with Gasteiger partial charge in [0, 0.05) is 23.2 Å². The minimum absolute atomic E-state index is 0.0185. The molecule has 0 bridgehead atoms. The number of halogens is 3. The fraction of sp³-hybridized carbons (Fsp3) is 0.667. The van der Waals surface area contributed by atoms with Gasteiger partial charge in [0.05, 0.1) is 6.61 Å². The maximum absolute atomic E-state index is 12.8. The number of aromatic nitrogens is 2. The zero-order valence-corrected chi connectivity index (χ0v) is 10.9. The van der Waals surface area contributed by atoms with E-state index in [1.807, 2.05) is 0 Å². The number of aliphatic hydroxyl groups is 1. The van der Waals surface area contributed by atoms with Crippen LogP contribution in [0.5, 0.6) is 0 Å². The molecular formula is C12H16F3N3O2. The summed E-state index contributed by atoms with van der Waals surface area (Å²) in [6.07, 6.45) is -3.66. The fourth-order valence-corrected chi connectivity index (χ4v) is 2.36. The summed E-state index contributed by atoms with van der Waals surface area (Å²) in [7, 11) is 0. The largest absolute Gasteiger partial charge is 0.435 e. The Morgan fingerprint density at radius 2 is 2.30 bits per heavy atom. The van der Waals surface area contributed by atoms with Crippen LogP contribution < -0.4 is 5.32 Å². The number of carbonyl (C=O) groups is 1. The first-order chi connectivity index (χ1) is 9.32. The molecule has 2 rings (SSSR count). The molecule has 2 unspecified atom stereocenters. The molecule has 1 aliphatic carbocycles. The smallest absolute Gasteiger partial charge is 0.394 e. The molecule has 1 aliphatic rings. The molecule has 2 atom stereocenters. The zero-order chi connectivity index (χ0) is 14.9. The summed E-state index contributed by atoms with van der Waals surface area (Å²) in [5.74, 6) is -0.846. The number of alkyl halides is 3. The van der Waals surface area contributed by atoms with Gasteiger partial charge >= 0.3 is 6.18 Å². The molecule has 0 spiro atoms. The van der Waals surface area contributed by atoms with E-state index in [1.165, 1.54) is 0 Å². The number of fused-ring (bicyclic) bond motifs is 1. The second-order valence-corrected chi connectivity index (χ2v) is 5.06. The first-order valence-corrected chi connectivity index (χ1v) is 6.37. The van der Waals surface area contributed by atoms with Crippen molar-refractivity contribution in [1.29, 1.82) is 0 Å². The summed E-state index contributed by atoms with van der Waals surface area (Å²) in [4.78, 5) is 11.9. The van der Waals surface area contributed by atoms with Gasteiger partial charge in [-0.2, -0.15) is 18.3 Å². The third-order valence-electron chi connectivity index (χ3n) is 3.45. The number of rotatable bonds is 3. The Hall–Kier alpha value is -1.57. The average Bonchev–Trinajstić information content (AvgIpc) is 2.80. The van der Waals surface area contributed by atoms with Gasteiger partial charge < -0.3 is 10.4 Å². The predicted molar refractivity (Wildman–Crippen MR) is 63.8 cm³/mol. The van der Waals surface area contributed by atoms with Gasteiger partial charge in [0.1, 0.15) is 0 Å². The summed E-state index contributed by atoms with van der Waals surface area (Å²) in [5, 5.41) is 17.2. The van der Waals surface area contributed by atoms with Crippen LogP contribution in [0.25, 0.3) is 0 Å². The van der Waals surface area contributed by atoms with Crippen molar-refractivity contribution in [2.24, 2.45) is 5.92 Å². The van der Waals surface area contributed by atoms with Crippen LogP contribution >= 0.6 is 0 Å². The topological polar surface area (TPSA) is 78.0 Å². The van der Waals surface area contributed by atoms with Gasteiger partial charge in [0.2, 0.25) is 5.91 Å². The van der Waals surface area contributed by atoms with Crippen molar-refractivity contribution < 1.29 is 23.1 Å². The summed E-state index contributed by atoms with van der Waals surface area (Å²) < 4.78 is 38.4. The molecule has 0 saturated heterocycles. The number of hydrogen-bond donors (Lipinski definition) is 3. The monoisotopic (exact) mass is 291 g/mol. The van der Waals surface area contributed by atoms with Gasteiger partial charge in [-0.1, -0.05) is 0 Å². The van der Waals surface area contributed by atoms with Gasteiger partial charge in [0.15, 0.2) is 5.69 Å². The Morgan fingerprint density at radius 3 is 2.90 bits per heavy atom. The highest BCUT2D eigenvalue weighted by atomic mass is 19.4. The number of H-pyrrole nitrogens is 1. The molecule has 0 aliphatic heterocycles. The number of aryl methyl sites for hydroxylation is 1. The molecule has 1 amide bonds. The molecule has 3 N–H and O–H groups in total. The summed E-state index contributed by atoms with van der Waals surface area (Å²) in [6, 6.07) is -0.407. The van der Waals surface area contributed by atoms with Gasteiger partial charge in [0.25, 0.3) is 0 Å². The van der Waals surface area contributed by atoms with E-state index in [2.05, 4.69) is 15.5 Å². The normalized spacial score (nSPS) is 20.4. The number of amides is 1. The number of nitrogens with one attached hydrogen (secondary N) is 2. The minimum atomic E-state index is -4.51. The Labute approximate surface area is 113 Å². The van der Waals surface area contributed by atoms with E-state index in [0.717, 1.165) is 0 Å². The first-order valence-electron chi connectivity index (χ1n) is 6.37. The third-order valence-corrected chi connectivity index (χ3v) is 3.45. The number of aliphatic hydroxyl groups excluding tert-OH is 1. The molecule has 5 nitrogen and oxygen atoms in total. The molecule has 0 fully saturated rings. The van der Waals surface area contributed by atoms with Crippen LogP contribution in [0.3, 0.4) is 0 Å². The van der Waals surface area contributed by atoms with E-state index < -0.39 is 23.8 Å².